The summed E-state index contributed by atoms with van der Waals surface area (Å²) in [6, 6.07) is 10.4. The van der Waals surface area contributed by atoms with Crippen LogP contribution in [0.3, 0.4) is 0 Å². The van der Waals surface area contributed by atoms with Crippen LogP contribution in [0, 0.1) is 17.7 Å². The van der Waals surface area contributed by atoms with Crippen molar-refractivity contribution < 1.29 is 8.78 Å². The van der Waals surface area contributed by atoms with E-state index in [1.54, 1.807) is 12.1 Å². The summed E-state index contributed by atoms with van der Waals surface area (Å²) in [6.45, 7) is 0.255. The average molecular weight is 247 g/mol. The van der Waals surface area contributed by atoms with E-state index in [0.717, 1.165) is 5.56 Å². The second-order valence-electron chi connectivity index (χ2n) is 3.99. The Bertz CT molecular complexity index is 555. The maximum Gasteiger partial charge on any atom is 0.131 e. The number of nitrogens with two attached hydrogens (primary N) is 2. The zero-order valence-electron chi connectivity index (χ0n) is 9.66. The molecular weight excluding hydrogens is 234 g/mol. The van der Waals surface area contributed by atoms with Gasteiger partial charge in [0.25, 0.3) is 0 Å². The summed E-state index contributed by atoms with van der Waals surface area (Å²) >= 11 is 0. The second-order valence-corrected chi connectivity index (χ2v) is 3.99. The van der Waals surface area contributed by atoms with Gasteiger partial charge < -0.3 is 11.5 Å². The molecule has 2 aromatic carbocycles. The maximum absolute atomic E-state index is 13.3. The van der Waals surface area contributed by atoms with E-state index in [2.05, 4.69) is 6.07 Å². The van der Waals surface area contributed by atoms with Crippen LogP contribution < -0.4 is 11.5 Å². The molecule has 4 N–H and O–H groups in total. The lowest BCUT2D eigenvalue weighted by atomic mass is 9.95. The van der Waals surface area contributed by atoms with E-state index in [1.165, 1.54) is 24.3 Å². The summed E-state index contributed by atoms with van der Waals surface area (Å²) in [5, 5.41) is 0. The summed E-state index contributed by atoms with van der Waals surface area (Å²) in [6.07, 6.45) is 0. The molecule has 2 rings (SSSR count). The van der Waals surface area contributed by atoms with Crippen LogP contribution in [0.2, 0.25) is 0 Å². The lowest BCUT2D eigenvalue weighted by molar-refractivity contribution is 0.617. The van der Waals surface area contributed by atoms with Gasteiger partial charge in [-0.05, 0) is 34.9 Å². The van der Waals surface area contributed by atoms with Gasteiger partial charge in [0.1, 0.15) is 11.6 Å². The Morgan fingerprint density at radius 1 is 1.17 bits per heavy atom. The number of hydrogen-bond donors (Lipinski definition) is 2. The number of hydrogen-bond acceptors (Lipinski definition) is 2. The highest BCUT2D eigenvalue weighted by atomic mass is 19.1. The van der Waals surface area contributed by atoms with Gasteiger partial charge in [0.2, 0.25) is 0 Å². The van der Waals surface area contributed by atoms with Crippen molar-refractivity contribution in [2.45, 2.75) is 12.6 Å². The molecule has 0 amide bonds. The fourth-order valence-corrected chi connectivity index (χ4v) is 1.87. The van der Waals surface area contributed by atoms with Crippen LogP contribution in [-0.4, -0.2) is 0 Å². The van der Waals surface area contributed by atoms with E-state index in [4.69, 9.17) is 11.5 Å². The Hall–Kier alpha value is -1.78. The summed E-state index contributed by atoms with van der Waals surface area (Å²) < 4.78 is 26.4. The van der Waals surface area contributed by atoms with Gasteiger partial charge in [-0.2, -0.15) is 0 Å². The van der Waals surface area contributed by atoms with Crippen LogP contribution in [0.15, 0.2) is 36.4 Å². The van der Waals surface area contributed by atoms with E-state index in [9.17, 15) is 8.78 Å². The summed E-state index contributed by atoms with van der Waals surface area (Å²) in [5.74, 6) is -0.880. The molecular formula is C14H13F2N2. The summed E-state index contributed by atoms with van der Waals surface area (Å²) in [7, 11) is 0. The molecule has 0 bridgehead atoms. The van der Waals surface area contributed by atoms with Gasteiger partial charge in [-0.3, -0.25) is 0 Å². The molecule has 0 aliphatic rings. The van der Waals surface area contributed by atoms with Gasteiger partial charge in [0.15, 0.2) is 0 Å². The molecule has 93 valence electrons. The molecule has 0 aliphatic heterocycles. The predicted molar refractivity (Wildman–Crippen MR) is 65.6 cm³/mol. The van der Waals surface area contributed by atoms with Crippen LogP contribution in [-0.2, 0) is 6.54 Å². The van der Waals surface area contributed by atoms with Crippen LogP contribution in [0.1, 0.15) is 22.7 Å². The first-order chi connectivity index (χ1) is 8.61. The number of benzene rings is 2. The van der Waals surface area contributed by atoms with Crippen molar-refractivity contribution in [2.24, 2.45) is 11.5 Å². The molecule has 1 atom stereocenters. The molecule has 0 saturated heterocycles. The molecule has 0 aliphatic carbocycles. The van der Waals surface area contributed by atoms with Gasteiger partial charge in [0.05, 0.1) is 6.04 Å². The Labute approximate surface area is 104 Å². The molecule has 0 spiro atoms. The Balaban J connectivity index is 2.44. The van der Waals surface area contributed by atoms with E-state index >= 15 is 0 Å². The predicted octanol–water partition coefficient (Wildman–Crippen LogP) is 2.27. The standard InChI is InChI=1S/C14H13F2N2/c15-11-3-1-2-9(6-11)14(18)13-7-12(16)5-4-10(13)8-17/h1-2,4-7,14H,8,17-18H2. The molecule has 2 aromatic rings. The van der Waals surface area contributed by atoms with E-state index in [-0.39, 0.29) is 12.4 Å². The second kappa shape index (κ2) is 5.25. The van der Waals surface area contributed by atoms with Crippen LogP contribution in [0.5, 0.6) is 0 Å². The Kier molecular flexibility index (Phi) is 3.69. The maximum atomic E-state index is 13.3. The van der Waals surface area contributed by atoms with E-state index < -0.39 is 11.9 Å². The molecule has 1 unspecified atom stereocenters. The van der Waals surface area contributed by atoms with Gasteiger partial charge in [-0.25, -0.2) is 8.78 Å². The quantitative estimate of drug-likeness (QED) is 0.874. The third-order valence-corrected chi connectivity index (χ3v) is 2.81. The molecule has 0 aromatic heterocycles. The van der Waals surface area contributed by atoms with Crippen molar-refractivity contribution in [3.63, 3.8) is 0 Å². The molecule has 18 heavy (non-hydrogen) atoms. The van der Waals surface area contributed by atoms with Gasteiger partial charge >= 0.3 is 0 Å². The molecule has 2 nitrogen and oxygen atoms in total. The van der Waals surface area contributed by atoms with E-state index in [0.29, 0.717) is 11.1 Å². The first-order valence-corrected chi connectivity index (χ1v) is 5.53. The van der Waals surface area contributed by atoms with Gasteiger partial charge in [0, 0.05) is 12.6 Å². The van der Waals surface area contributed by atoms with Crippen molar-refractivity contribution in [1.29, 1.82) is 0 Å². The zero-order chi connectivity index (χ0) is 13.1. The monoisotopic (exact) mass is 247 g/mol. The average Bonchev–Trinajstić information content (AvgIpc) is 2.38. The lowest BCUT2D eigenvalue weighted by Crippen LogP contribution is -2.16. The van der Waals surface area contributed by atoms with Gasteiger partial charge in [-0.1, -0.05) is 18.2 Å². The normalized spacial score (nSPS) is 12.4. The first kappa shape index (κ1) is 12.7. The fourth-order valence-electron chi connectivity index (χ4n) is 1.87. The highest BCUT2D eigenvalue weighted by Gasteiger charge is 2.14. The van der Waals surface area contributed by atoms with E-state index in [1.807, 2.05) is 0 Å². The van der Waals surface area contributed by atoms with Crippen molar-refractivity contribution in [3.8, 4) is 0 Å². The lowest BCUT2D eigenvalue weighted by Gasteiger charge is -2.16. The topological polar surface area (TPSA) is 52.0 Å². The Morgan fingerprint density at radius 3 is 2.61 bits per heavy atom. The fraction of sp³-hybridized carbons (Fsp3) is 0.143. The van der Waals surface area contributed by atoms with Crippen LogP contribution in [0.25, 0.3) is 0 Å². The number of rotatable bonds is 3. The first-order valence-electron chi connectivity index (χ1n) is 5.53. The molecule has 4 heteroatoms. The third-order valence-electron chi connectivity index (χ3n) is 2.81. The largest absolute Gasteiger partial charge is 0.326 e. The van der Waals surface area contributed by atoms with Crippen molar-refractivity contribution in [1.82, 2.24) is 0 Å². The molecule has 0 fully saturated rings. The minimum Gasteiger partial charge on any atom is -0.326 e. The number of halogens is 2. The minimum atomic E-state index is -0.608. The van der Waals surface area contributed by atoms with Crippen molar-refractivity contribution >= 4 is 0 Å². The highest BCUT2D eigenvalue weighted by molar-refractivity contribution is 5.37. The summed E-state index contributed by atoms with van der Waals surface area (Å²) in [5.41, 5.74) is 13.5. The summed E-state index contributed by atoms with van der Waals surface area (Å²) in [4.78, 5) is 0. The SMILES string of the molecule is NCc1ccc(F)cc1C(N)c1cc[c]c(F)c1. The van der Waals surface area contributed by atoms with Crippen LogP contribution >= 0.6 is 0 Å². The smallest absolute Gasteiger partial charge is 0.131 e. The van der Waals surface area contributed by atoms with Crippen molar-refractivity contribution in [2.75, 3.05) is 0 Å². The van der Waals surface area contributed by atoms with Gasteiger partial charge in [-0.15, -0.1) is 0 Å². The zero-order valence-corrected chi connectivity index (χ0v) is 9.66. The third kappa shape index (κ3) is 2.55. The van der Waals surface area contributed by atoms with Crippen molar-refractivity contribution in [3.05, 3.63) is 70.8 Å². The molecule has 0 saturated carbocycles. The Morgan fingerprint density at radius 2 is 1.94 bits per heavy atom. The molecule has 0 heterocycles. The van der Waals surface area contributed by atoms with Crippen LogP contribution in [0.4, 0.5) is 8.78 Å². The highest BCUT2D eigenvalue weighted by Crippen LogP contribution is 2.24. The minimum absolute atomic E-state index is 0.255. The molecule has 1 radical (unpaired) electrons.